The number of aromatic nitrogens is 2. The molecule has 0 radical (unpaired) electrons. The van der Waals surface area contributed by atoms with Crippen molar-refractivity contribution in [1.82, 2.24) is 19.6 Å². The number of aliphatic hydroxyl groups excluding tert-OH is 1. The van der Waals surface area contributed by atoms with Crippen LogP contribution in [-0.4, -0.2) is 87.1 Å². The smallest absolute Gasteiger partial charge is 0.308 e. The van der Waals surface area contributed by atoms with Crippen LogP contribution >= 0.6 is 0 Å². The number of aryl methyl sites for hydroxylation is 1. The Morgan fingerprint density at radius 3 is 2.81 bits per heavy atom. The van der Waals surface area contributed by atoms with Gasteiger partial charge < -0.3 is 19.8 Å². The van der Waals surface area contributed by atoms with E-state index in [9.17, 15) is 19.8 Å². The summed E-state index contributed by atoms with van der Waals surface area (Å²) in [7, 11) is 0. The zero-order valence-corrected chi connectivity index (χ0v) is 21.1. The van der Waals surface area contributed by atoms with Crippen molar-refractivity contribution < 1.29 is 24.5 Å². The predicted octanol–water partition coefficient (Wildman–Crippen LogP) is 2.39. The van der Waals surface area contributed by atoms with Crippen molar-refractivity contribution in [2.45, 2.75) is 57.5 Å². The lowest BCUT2D eigenvalue weighted by atomic mass is 9.83. The first-order valence-corrected chi connectivity index (χ1v) is 13.1. The van der Waals surface area contributed by atoms with Gasteiger partial charge in [0.05, 0.1) is 19.1 Å². The highest BCUT2D eigenvalue weighted by atomic mass is 16.5. The second-order valence-electron chi connectivity index (χ2n) is 9.80. The summed E-state index contributed by atoms with van der Waals surface area (Å²) >= 11 is 0. The molecule has 2 aliphatic rings. The van der Waals surface area contributed by atoms with Gasteiger partial charge in [-0.3, -0.25) is 19.2 Å². The quantitative estimate of drug-likeness (QED) is 0.437. The van der Waals surface area contributed by atoms with Crippen molar-refractivity contribution in [2.75, 3.05) is 39.4 Å². The lowest BCUT2D eigenvalue weighted by Gasteiger charge is -2.29. The van der Waals surface area contributed by atoms with Crippen LogP contribution in [0.25, 0.3) is 0 Å². The van der Waals surface area contributed by atoms with Gasteiger partial charge in [0.2, 0.25) is 5.91 Å². The Kier molecular flexibility index (Phi) is 8.98. The maximum Gasteiger partial charge on any atom is 0.308 e. The third-order valence-corrected chi connectivity index (χ3v) is 7.45. The molecule has 0 bridgehead atoms. The molecule has 1 amide bonds. The molecular weight excluding hydrogens is 460 g/mol. The molecule has 1 fully saturated rings. The number of amides is 1. The molecule has 2 aromatic rings. The fraction of sp³-hybridized carbons (Fsp3) is 0.593. The van der Waals surface area contributed by atoms with E-state index in [-0.39, 0.29) is 31.0 Å². The van der Waals surface area contributed by atoms with E-state index in [0.29, 0.717) is 45.6 Å². The highest BCUT2D eigenvalue weighted by Crippen LogP contribution is 2.41. The van der Waals surface area contributed by atoms with Crippen molar-refractivity contribution in [3.63, 3.8) is 0 Å². The van der Waals surface area contributed by atoms with Crippen LogP contribution in [0.3, 0.4) is 0 Å². The van der Waals surface area contributed by atoms with Crippen LogP contribution < -0.4 is 4.74 Å². The Bertz CT molecular complexity index is 1000. The van der Waals surface area contributed by atoms with Crippen LogP contribution in [0.2, 0.25) is 0 Å². The number of aliphatic carboxylic acids is 1. The van der Waals surface area contributed by atoms with E-state index >= 15 is 0 Å². The minimum absolute atomic E-state index is 0.00636. The minimum atomic E-state index is -0.833. The van der Waals surface area contributed by atoms with E-state index in [1.807, 2.05) is 34.0 Å². The third kappa shape index (κ3) is 6.07. The van der Waals surface area contributed by atoms with E-state index in [0.717, 1.165) is 36.1 Å². The summed E-state index contributed by atoms with van der Waals surface area (Å²) in [5.74, 6) is -0.810. The summed E-state index contributed by atoms with van der Waals surface area (Å²) in [5, 5.41) is 23.9. The zero-order valence-electron chi connectivity index (χ0n) is 21.1. The Morgan fingerprint density at radius 1 is 1.25 bits per heavy atom. The fourth-order valence-corrected chi connectivity index (χ4v) is 5.57. The molecule has 4 rings (SSSR count). The summed E-state index contributed by atoms with van der Waals surface area (Å²) in [6.45, 7) is 5.21. The van der Waals surface area contributed by atoms with E-state index in [1.165, 1.54) is 0 Å². The van der Waals surface area contributed by atoms with Gasteiger partial charge in [0, 0.05) is 63.6 Å². The molecule has 2 N–H and O–H groups in total. The number of rotatable bonds is 13. The zero-order chi connectivity index (χ0) is 25.5. The molecule has 9 nitrogen and oxygen atoms in total. The van der Waals surface area contributed by atoms with Gasteiger partial charge in [0.25, 0.3) is 0 Å². The first-order valence-electron chi connectivity index (χ1n) is 13.1. The molecule has 1 aromatic carbocycles. The van der Waals surface area contributed by atoms with Gasteiger partial charge in [0.1, 0.15) is 5.75 Å². The molecule has 0 aliphatic carbocycles. The number of unbranched alkanes of at least 4 members (excludes halogenated alkanes) is 1. The summed E-state index contributed by atoms with van der Waals surface area (Å²) in [5.41, 5.74) is 2.11. The lowest BCUT2D eigenvalue weighted by molar-refractivity contribution is -0.144. The highest BCUT2D eigenvalue weighted by Gasteiger charge is 2.47. The molecule has 3 atom stereocenters. The van der Waals surface area contributed by atoms with Crippen molar-refractivity contribution >= 4 is 11.9 Å². The van der Waals surface area contributed by atoms with Gasteiger partial charge in [-0.05, 0) is 42.5 Å². The maximum absolute atomic E-state index is 13.4. The van der Waals surface area contributed by atoms with Crippen molar-refractivity contribution in [1.29, 1.82) is 0 Å². The first-order chi connectivity index (χ1) is 17.5. The summed E-state index contributed by atoms with van der Waals surface area (Å²) in [6.07, 6.45) is 7.42. The van der Waals surface area contributed by atoms with Gasteiger partial charge in [-0.2, -0.15) is 5.10 Å². The molecule has 1 unspecified atom stereocenters. The number of nitrogens with zero attached hydrogens (tertiary/aromatic N) is 4. The van der Waals surface area contributed by atoms with E-state index < -0.39 is 11.9 Å². The molecule has 1 saturated heterocycles. The first kappa shape index (κ1) is 26.2. The number of aliphatic hydroxyl groups is 1. The van der Waals surface area contributed by atoms with E-state index in [2.05, 4.69) is 23.0 Å². The summed E-state index contributed by atoms with van der Waals surface area (Å²) < 4.78 is 7.46. The van der Waals surface area contributed by atoms with Crippen LogP contribution in [0, 0.1) is 5.92 Å². The molecule has 196 valence electrons. The topological polar surface area (TPSA) is 108 Å². The number of benzene rings is 1. The Morgan fingerprint density at radius 2 is 2.08 bits per heavy atom. The normalized spacial score (nSPS) is 21.3. The second-order valence-corrected chi connectivity index (χ2v) is 9.80. The van der Waals surface area contributed by atoms with Crippen LogP contribution in [0.5, 0.6) is 5.75 Å². The number of carboxylic acid groups (broad SMARTS) is 1. The number of ether oxygens (including phenoxy) is 1. The number of carbonyl (C=O) groups excluding carboxylic acids is 1. The van der Waals surface area contributed by atoms with Gasteiger partial charge >= 0.3 is 5.97 Å². The monoisotopic (exact) mass is 498 g/mol. The van der Waals surface area contributed by atoms with Crippen molar-refractivity contribution in [3.8, 4) is 5.75 Å². The molecule has 2 aliphatic heterocycles. The number of fused-ring (bicyclic) bond motifs is 1. The summed E-state index contributed by atoms with van der Waals surface area (Å²) in [6, 6.07) is 7.58. The van der Waals surface area contributed by atoms with Crippen LogP contribution in [-0.2, 0) is 22.6 Å². The molecular formula is C27H38N4O5. The van der Waals surface area contributed by atoms with Gasteiger partial charge in [-0.1, -0.05) is 25.5 Å². The second kappa shape index (κ2) is 12.4. The van der Waals surface area contributed by atoms with Gasteiger partial charge in [-0.25, -0.2) is 0 Å². The number of likely N-dealkylation sites (tertiary alicyclic amines) is 1. The van der Waals surface area contributed by atoms with Gasteiger partial charge in [-0.15, -0.1) is 0 Å². The predicted molar refractivity (Wildman–Crippen MR) is 135 cm³/mol. The number of carboxylic acids is 1. The molecule has 3 heterocycles. The maximum atomic E-state index is 13.4. The molecule has 1 aromatic heterocycles. The number of hydrogen-bond donors (Lipinski definition) is 2. The Hall–Kier alpha value is -2.91. The third-order valence-electron chi connectivity index (χ3n) is 7.45. The SMILES string of the molecule is CCCCN(CCCO)C(=O)CN1C[C@H](c2ccc3c(c2)CCO3)C(C(=O)O)[C@@H]1CCn1cccn1. The standard InChI is InChI=1S/C27H38N4O5/c1-2-3-11-29(12-5-15-32)25(33)19-30-18-22(20-6-7-24-21(17-20)9-16-36-24)26(27(34)35)23(30)8-14-31-13-4-10-28-31/h4,6-7,10,13,17,22-23,26,32H,2-3,5,8-9,11-12,14-16,18-19H2,1H3,(H,34,35)/t22-,23+,26?/m1/s1. The Labute approximate surface area is 212 Å². The minimum Gasteiger partial charge on any atom is -0.493 e. The van der Waals surface area contributed by atoms with E-state index in [4.69, 9.17) is 4.74 Å². The lowest BCUT2D eigenvalue weighted by Crippen LogP contribution is -2.45. The van der Waals surface area contributed by atoms with Crippen molar-refractivity contribution in [3.05, 3.63) is 47.8 Å². The molecule has 9 heteroatoms. The average molecular weight is 499 g/mol. The largest absolute Gasteiger partial charge is 0.493 e. The summed E-state index contributed by atoms with van der Waals surface area (Å²) in [4.78, 5) is 29.9. The van der Waals surface area contributed by atoms with Crippen LogP contribution in [0.15, 0.2) is 36.7 Å². The highest BCUT2D eigenvalue weighted by molar-refractivity contribution is 5.79. The number of hydrogen-bond acceptors (Lipinski definition) is 6. The van der Waals surface area contributed by atoms with E-state index in [1.54, 1.807) is 6.20 Å². The van der Waals surface area contributed by atoms with Crippen LogP contribution in [0.1, 0.15) is 49.7 Å². The van der Waals surface area contributed by atoms with Crippen molar-refractivity contribution in [2.24, 2.45) is 5.92 Å². The fourth-order valence-electron chi connectivity index (χ4n) is 5.57. The molecule has 36 heavy (non-hydrogen) atoms. The Balaban J connectivity index is 1.58. The molecule has 0 saturated carbocycles. The number of carbonyl (C=O) groups is 2. The molecule has 0 spiro atoms. The van der Waals surface area contributed by atoms with Gasteiger partial charge in [0.15, 0.2) is 0 Å². The average Bonchev–Trinajstić information content (AvgIpc) is 3.62. The van der Waals surface area contributed by atoms with Crippen LogP contribution in [0.4, 0.5) is 0 Å².